The summed E-state index contributed by atoms with van der Waals surface area (Å²) < 4.78 is 13.3. The Labute approximate surface area is 102 Å². The molecule has 1 heterocycles. The van der Waals surface area contributed by atoms with Gasteiger partial charge < -0.3 is 11.1 Å². The highest BCUT2D eigenvalue weighted by Gasteiger charge is 2.12. The minimum atomic E-state index is -0.287. The summed E-state index contributed by atoms with van der Waals surface area (Å²) in [5.74, 6) is 0.496. The van der Waals surface area contributed by atoms with Crippen molar-refractivity contribution in [2.45, 2.75) is 32.1 Å². The highest BCUT2D eigenvalue weighted by Crippen LogP contribution is 2.21. The van der Waals surface area contributed by atoms with Crippen molar-refractivity contribution >= 4 is 5.69 Å². The average molecular weight is 236 g/mol. The topological polar surface area (TPSA) is 38.0 Å². The number of hydrogen-bond acceptors (Lipinski definition) is 2. The van der Waals surface area contributed by atoms with Gasteiger partial charge in [-0.05, 0) is 68.8 Å². The number of nitrogens with one attached hydrogen (secondary N) is 1. The fraction of sp³-hybridized carbons (Fsp3) is 0.571. The van der Waals surface area contributed by atoms with Crippen molar-refractivity contribution in [3.05, 3.63) is 29.6 Å². The van der Waals surface area contributed by atoms with E-state index in [-0.39, 0.29) is 11.5 Å². The summed E-state index contributed by atoms with van der Waals surface area (Å²) >= 11 is 0. The van der Waals surface area contributed by atoms with Gasteiger partial charge in [-0.2, -0.15) is 0 Å². The standard InChI is InChI=1S/C14H21FN2/c15-13-10-12(5-6-14(13)16)4-3-11-2-1-8-17-9-7-11/h5-6,10-11,17H,1-4,7-9,16H2. The predicted octanol–water partition coefficient (Wildman–Crippen LogP) is 2.73. The molecule has 1 aliphatic rings. The van der Waals surface area contributed by atoms with Crippen molar-refractivity contribution in [1.82, 2.24) is 5.32 Å². The van der Waals surface area contributed by atoms with Crippen molar-refractivity contribution in [3.8, 4) is 0 Å². The van der Waals surface area contributed by atoms with Crippen LogP contribution in [0, 0.1) is 11.7 Å². The van der Waals surface area contributed by atoms with Crippen LogP contribution >= 0.6 is 0 Å². The smallest absolute Gasteiger partial charge is 0.146 e. The molecule has 1 aromatic rings. The molecule has 0 aliphatic carbocycles. The molecule has 94 valence electrons. The highest BCUT2D eigenvalue weighted by molar-refractivity contribution is 5.41. The molecule has 0 saturated carbocycles. The van der Waals surface area contributed by atoms with E-state index in [0.29, 0.717) is 0 Å². The van der Waals surface area contributed by atoms with Crippen molar-refractivity contribution in [2.75, 3.05) is 18.8 Å². The number of hydrogen-bond donors (Lipinski definition) is 2. The van der Waals surface area contributed by atoms with E-state index in [9.17, 15) is 4.39 Å². The van der Waals surface area contributed by atoms with Gasteiger partial charge in [-0.1, -0.05) is 6.07 Å². The van der Waals surface area contributed by atoms with E-state index >= 15 is 0 Å². The Kier molecular flexibility index (Phi) is 4.37. The van der Waals surface area contributed by atoms with Crippen LogP contribution < -0.4 is 11.1 Å². The summed E-state index contributed by atoms with van der Waals surface area (Å²) in [7, 11) is 0. The van der Waals surface area contributed by atoms with E-state index in [2.05, 4.69) is 5.32 Å². The van der Waals surface area contributed by atoms with Crippen LogP contribution in [0.5, 0.6) is 0 Å². The number of nitrogen functional groups attached to an aromatic ring is 1. The summed E-state index contributed by atoms with van der Waals surface area (Å²) in [4.78, 5) is 0. The molecule has 1 fully saturated rings. The Bertz CT molecular complexity index is 357. The van der Waals surface area contributed by atoms with Crippen LogP contribution in [0.15, 0.2) is 18.2 Å². The maximum absolute atomic E-state index is 13.3. The SMILES string of the molecule is Nc1ccc(CCC2CCCNCC2)cc1F. The first-order valence-corrected chi connectivity index (χ1v) is 6.50. The van der Waals surface area contributed by atoms with Crippen LogP contribution in [-0.4, -0.2) is 13.1 Å². The van der Waals surface area contributed by atoms with Gasteiger partial charge in [0.2, 0.25) is 0 Å². The van der Waals surface area contributed by atoms with Gasteiger partial charge in [-0.15, -0.1) is 0 Å². The molecule has 17 heavy (non-hydrogen) atoms. The van der Waals surface area contributed by atoms with Crippen molar-refractivity contribution in [3.63, 3.8) is 0 Å². The maximum Gasteiger partial charge on any atom is 0.146 e. The first-order valence-electron chi connectivity index (χ1n) is 6.50. The molecule has 0 amide bonds. The van der Waals surface area contributed by atoms with E-state index in [1.54, 1.807) is 12.1 Å². The first-order chi connectivity index (χ1) is 8.25. The third-order valence-electron chi connectivity index (χ3n) is 3.60. The molecular weight excluding hydrogens is 215 g/mol. The van der Waals surface area contributed by atoms with Gasteiger partial charge in [-0.3, -0.25) is 0 Å². The third kappa shape index (κ3) is 3.70. The normalized spacial score (nSPS) is 21.1. The van der Waals surface area contributed by atoms with Crippen LogP contribution in [-0.2, 0) is 6.42 Å². The molecular formula is C14H21FN2. The molecule has 1 atom stereocenters. The molecule has 0 aromatic heterocycles. The predicted molar refractivity (Wildman–Crippen MR) is 69.3 cm³/mol. The number of nitrogens with two attached hydrogens (primary N) is 1. The Balaban J connectivity index is 1.85. The third-order valence-corrected chi connectivity index (χ3v) is 3.60. The van der Waals surface area contributed by atoms with Gasteiger partial charge in [0, 0.05) is 0 Å². The van der Waals surface area contributed by atoms with E-state index < -0.39 is 0 Å². The Morgan fingerprint density at radius 1 is 1.29 bits per heavy atom. The monoisotopic (exact) mass is 236 g/mol. The van der Waals surface area contributed by atoms with Gasteiger partial charge in [0.1, 0.15) is 5.82 Å². The second-order valence-electron chi connectivity index (χ2n) is 4.94. The van der Waals surface area contributed by atoms with E-state index in [1.807, 2.05) is 6.07 Å². The molecule has 2 nitrogen and oxygen atoms in total. The largest absolute Gasteiger partial charge is 0.396 e. The quantitative estimate of drug-likeness (QED) is 0.792. The van der Waals surface area contributed by atoms with E-state index in [0.717, 1.165) is 37.4 Å². The fourth-order valence-corrected chi connectivity index (χ4v) is 2.48. The van der Waals surface area contributed by atoms with Crippen LogP contribution in [0.25, 0.3) is 0 Å². The van der Waals surface area contributed by atoms with Gasteiger partial charge in [-0.25, -0.2) is 4.39 Å². The minimum Gasteiger partial charge on any atom is -0.396 e. The molecule has 3 N–H and O–H groups in total. The zero-order valence-corrected chi connectivity index (χ0v) is 10.2. The second-order valence-corrected chi connectivity index (χ2v) is 4.94. The summed E-state index contributed by atoms with van der Waals surface area (Å²) in [5.41, 5.74) is 6.77. The van der Waals surface area contributed by atoms with Crippen LogP contribution in [0.1, 0.15) is 31.2 Å². The van der Waals surface area contributed by atoms with E-state index in [4.69, 9.17) is 5.73 Å². The molecule has 0 spiro atoms. The average Bonchev–Trinajstić information content (AvgIpc) is 2.59. The van der Waals surface area contributed by atoms with Crippen LogP contribution in [0.3, 0.4) is 0 Å². The second kappa shape index (κ2) is 6.01. The molecule has 1 unspecified atom stereocenters. The van der Waals surface area contributed by atoms with Crippen LogP contribution in [0.4, 0.5) is 10.1 Å². The number of rotatable bonds is 3. The zero-order chi connectivity index (χ0) is 12.1. The molecule has 1 aromatic carbocycles. The lowest BCUT2D eigenvalue weighted by Gasteiger charge is -2.13. The maximum atomic E-state index is 13.3. The van der Waals surface area contributed by atoms with Gasteiger partial charge in [0.25, 0.3) is 0 Å². The molecule has 0 bridgehead atoms. The number of halogens is 1. The van der Waals surface area contributed by atoms with E-state index in [1.165, 1.54) is 19.3 Å². The Morgan fingerprint density at radius 3 is 3.00 bits per heavy atom. The Hall–Kier alpha value is -1.09. The number of benzene rings is 1. The van der Waals surface area contributed by atoms with Crippen molar-refractivity contribution in [1.29, 1.82) is 0 Å². The molecule has 1 aliphatic heterocycles. The molecule has 1 saturated heterocycles. The lowest BCUT2D eigenvalue weighted by atomic mass is 9.93. The molecule has 3 heteroatoms. The lowest BCUT2D eigenvalue weighted by molar-refractivity contribution is 0.438. The number of anilines is 1. The molecule has 2 rings (SSSR count). The fourth-order valence-electron chi connectivity index (χ4n) is 2.48. The first kappa shape index (κ1) is 12.4. The molecule has 0 radical (unpaired) electrons. The van der Waals surface area contributed by atoms with Crippen molar-refractivity contribution < 1.29 is 4.39 Å². The Morgan fingerprint density at radius 2 is 2.18 bits per heavy atom. The summed E-state index contributed by atoms with van der Waals surface area (Å²) in [6.07, 6.45) is 5.93. The van der Waals surface area contributed by atoms with Gasteiger partial charge >= 0.3 is 0 Å². The van der Waals surface area contributed by atoms with Crippen LogP contribution in [0.2, 0.25) is 0 Å². The highest BCUT2D eigenvalue weighted by atomic mass is 19.1. The summed E-state index contributed by atoms with van der Waals surface area (Å²) in [5, 5.41) is 3.42. The van der Waals surface area contributed by atoms with Gasteiger partial charge in [0.05, 0.1) is 5.69 Å². The zero-order valence-electron chi connectivity index (χ0n) is 10.2. The minimum absolute atomic E-state index is 0.243. The summed E-state index contributed by atoms with van der Waals surface area (Å²) in [6, 6.07) is 5.18. The van der Waals surface area contributed by atoms with Gasteiger partial charge in [0.15, 0.2) is 0 Å². The lowest BCUT2D eigenvalue weighted by Crippen LogP contribution is -2.14. The van der Waals surface area contributed by atoms with Crippen molar-refractivity contribution in [2.24, 2.45) is 5.92 Å². The summed E-state index contributed by atoms with van der Waals surface area (Å²) in [6.45, 7) is 2.27. The number of aryl methyl sites for hydroxylation is 1.